The van der Waals surface area contributed by atoms with Crippen LogP contribution < -0.4 is 10.1 Å². The number of carboxylic acids is 1. The highest BCUT2D eigenvalue weighted by Gasteiger charge is 2.19. The lowest BCUT2D eigenvalue weighted by molar-refractivity contribution is -0.136. The molecule has 0 atom stereocenters. The Kier molecular flexibility index (Phi) is 6.48. The third kappa shape index (κ3) is 4.72. The van der Waals surface area contributed by atoms with E-state index < -0.39 is 5.97 Å². The normalized spacial score (nSPS) is 14.0. The highest BCUT2D eigenvalue weighted by molar-refractivity contribution is 9.11. The van der Waals surface area contributed by atoms with Gasteiger partial charge >= 0.3 is 5.97 Å². The predicted octanol–water partition coefficient (Wildman–Crippen LogP) is 6.04. The van der Waals surface area contributed by atoms with Gasteiger partial charge in [0.25, 0.3) is 0 Å². The zero-order valence-electron chi connectivity index (χ0n) is 13.9. The van der Waals surface area contributed by atoms with Crippen molar-refractivity contribution in [1.29, 1.82) is 0 Å². The molecule has 1 aliphatic rings. The number of hydrogen-bond acceptors (Lipinski definition) is 3. The summed E-state index contributed by atoms with van der Waals surface area (Å²) in [6.07, 6.45) is 3.58. The van der Waals surface area contributed by atoms with Crippen LogP contribution in [-0.4, -0.2) is 17.1 Å². The maximum atomic E-state index is 10.9. The van der Waals surface area contributed by atoms with Gasteiger partial charge in [0.05, 0.1) is 26.1 Å². The van der Waals surface area contributed by atoms with E-state index in [2.05, 4.69) is 37.2 Å². The van der Waals surface area contributed by atoms with E-state index in [4.69, 9.17) is 21.4 Å². The van der Waals surface area contributed by atoms with Crippen molar-refractivity contribution >= 4 is 55.1 Å². The third-order valence-electron chi connectivity index (χ3n) is 4.33. The summed E-state index contributed by atoms with van der Waals surface area (Å²) in [5, 5.41) is 13.1. The van der Waals surface area contributed by atoms with Crippen molar-refractivity contribution in [2.24, 2.45) is 0 Å². The molecule has 0 aromatic heterocycles. The number of rotatable bonds is 7. The molecule has 1 aliphatic carbocycles. The van der Waals surface area contributed by atoms with Crippen LogP contribution in [0.15, 0.2) is 39.3 Å². The number of hydrogen-bond donors (Lipinski definition) is 2. The van der Waals surface area contributed by atoms with Gasteiger partial charge in [0.15, 0.2) is 0 Å². The van der Waals surface area contributed by atoms with Crippen LogP contribution >= 0.6 is 43.5 Å². The third-order valence-corrected chi connectivity index (χ3v) is 5.95. The molecule has 26 heavy (non-hydrogen) atoms. The van der Waals surface area contributed by atoms with Gasteiger partial charge in [-0.3, -0.25) is 4.79 Å². The molecule has 0 bridgehead atoms. The van der Waals surface area contributed by atoms with E-state index in [1.54, 1.807) is 12.1 Å². The molecule has 4 nitrogen and oxygen atoms in total. The Bertz CT molecular complexity index is 801. The standard InChI is InChI=1S/C19H18Br2ClNO3/c20-14-7-11(9-17(24)25)8-15(21)19(14)26-10-12-3-1-6-16(18(12)22)23-13-4-2-5-13/h1,3,6-8,13,23H,2,4-5,9-10H2,(H,24,25). The maximum absolute atomic E-state index is 10.9. The topological polar surface area (TPSA) is 58.6 Å². The highest BCUT2D eigenvalue weighted by atomic mass is 79.9. The lowest BCUT2D eigenvalue weighted by atomic mass is 9.93. The number of benzene rings is 2. The van der Waals surface area contributed by atoms with E-state index in [0.29, 0.717) is 37.9 Å². The summed E-state index contributed by atoms with van der Waals surface area (Å²) in [6.45, 7) is 0.314. The van der Waals surface area contributed by atoms with E-state index in [0.717, 1.165) is 11.3 Å². The van der Waals surface area contributed by atoms with Crippen LogP contribution in [0.4, 0.5) is 5.69 Å². The number of carboxylic acid groups (broad SMARTS) is 1. The van der Waals surface area contributed by atoms with E-state index in [1.807, 2.05) is 18.2 Å². The molecule has 0 aliphatic heterocycles. The van der Waals surface area contributed by atoms with Gasteiger partial charge in [-0.1, -0.05) is 23.7 Å². The molecule has 0 spiro atoms. The van der Waals surface area contributed by atoms with Gasteiger partial charge in [-0.05, 0) is 74.9 Å². The van der Waals surface area contributed by atoms with Crippen LogP contribution in [0.25, 0.3) is 0 Å². The lowest BCUT2D eigenvalue weighted by Gasteiger charge is -2.28. The Labute approximate surface area is 174 Å². The first-order valence-electron chi connectivity index (χ1n) is 8.30. The molecular formula is C19H18Br2ClNO3. The first-order chi connectivity index (χ1) is 12.4. The molecule has 3 rings (SSSR count). The second-order valence-corrected chi connectivity index (χ2v) is 8.39. The molecule has 2 aromatic rings. The molecule has 0 heterocycles. The Morgan fingerprint density at radius 2 is 1.96 bits per heavy atom. The fourth-order valence-corrected chi connectivity index (χ4v) is 4.50. The van der Waals surface area contributed by atoms with Crippen molar-refractivity contribution in [1.82, 2.24) is 0 Å². The first kappa shape index (κ1) is 19.5. The number of ether oxygens (including phenoxy) is 1. The molecule has 1 fully saturated rings. The summed E-state index contributed by atoms with van der Waals surface area (Å²) in [5.41, 5.74) is 2.52. The fourth-order valence-electron chi connectivity index (χ4n) is 2.75. The zero-order chi connectivity index (χ0) is 18.7. The second-order valence-electron chi connectivity index (χ2n) is 6.30. The molecule has 0 unspecified atom stereocenters. The fraction of sp³-hybridized carbons (Fsp3) is 0.316. The van der Waals surface area contributed by atoms with Crippen LogP contribution in [0, 0.1) is 0 Å². The molecular weight excluding hydrogens is 485 g/mol. The molecule has 0 radical (unpaired) electrons. The summed E-state index contributed by atoms with van der Waals surface area (Å²) < 4.78 is 7.34. The number of halogens is 3. The molecule has 1 saturated carbocycles. The summed E-state index contributed by atoms with van der Waals surface area (Å²) in [7, 11) is 0. The predicted molar refractivity (Wildman–Crippen MR) is 110 cm³/mol. The van der Waals surface area contributed by atoms with Crippen molar-refractivity contribution in [3.05, 3.63) is 55.4 Å². The minimum Gasteiger partial charge on any atom is -0.486 e. The van der Waals surface area contributed by atoms with Gasteiger partial charge < -0.3 is 15.2 Å². The van der Waals surface area contributed by atoms with Crippen LogP contribution in [0.5, 0.6) is 5.75 Å². The van der Waals surface area contributed by atoms with Crippen molar-refractivity contribution in [2.45, 2.75) is 38.3 Å². The summed E-state index contributed by atoms with van der Waals surface area (Å²) in [5.74, 6) is -0.257. The minimum atomic E-state index is -0.875. The number of anilines is 1. The average molecular weight is 504 g/mol. The van der Waals surface area contributed by atoms with Crippen molar-refractivity contribution < 1.29 is 14.6 Å². The molecule has 0 saturated heterocycles. The van der Waals surface area contributed by atoms with E-state index in [-0.39, 0.29) is 6.42 Å². The molecule has 138 valence electrons. The monoisotopic (exact) mass is 501 g/mol. The highest BCUT2D eigenvalue weighted by Crippen LogP contribution is 2.37. The first-order valence-corrected chi connectivity index (χ1v) is 10.3. The van der Waals surface area contributed by atoms with Gasteiger partial charge in [-0.15, -0.1) is 0 Å². The summed E-state index contributed by atoms with van der Waals surface area (Å²) >= 11 is 13.4. The second kappa shape index (κ2) is 8.63. The Balaban J connectivity index is 1.72. The number of nitrogens with one attached hydrogen (secondary N) is 1. The summed E-state index contributed by atoms with van der Waals surface area (Å²) in [4.78, 5) is 10.9. The number of aliphatic carboxylic acids is 1. The van der Waals surface area contributed by atoms with Gasteiger partial charge in [-0.2, -0.15) is 0 Å². The van der Waals surface area contributed by atoms with Gasteiger partial charge in [-0.25, -0.2) is 0 Å². The van der Waals surface area contributed by atoms with Crippen LogP contribution in [0.3, 0.4) is 0 Å². The van der Waals surface area contributed by atoms with Crippen LogP contribution in [0.1, 0.15) is 30.4 Å². The number of carbonyl (C=O) groups is 1. The SMILES string of the molecule is O=C(O)Cc1cc(Br)c(OCc2cccc(NC3CCC3)c2Cl)c(Br)c1. The van der Waals surface area contributed by atoms with Crippen LogP contribution in [-0.2, 0) is 17.8 Å². The lowest BCUT2D eigenvalue weighted by Crippen LogP contribution is -2.27. The average Bonchev–Trinajstić information content (AvgIpc) is 2.52. The molecule has 0 amide bonds. The quantitative estimate of drug-likeness (QED) is 0.484. The molecule has 2 N–H and O–H groups in total. The zero-order valence-corrected chi connectivity index (χ0v) is 17.8. The Morgan fingerprint density at radius 3 is 2.54 bits per heavy atom. The smallest absolute Gasteiger partial charge is 0.307 e. The minimum absolute atomic E-state index is 0.0435. The van der Waals surface area contributed by atoms with Gasteiger partial charge in [0, 0.05) is 11.6 Å². The molecule has 2 aromatic carbocycles. The Morgan fingerprint density at radius 1 is 1.27 bits per heavy atom. The maximum Gasteiger partial charge on any atom is 0.307 e. The van der Waals surface area contributed by atoms with E-state index in [1.165, 1.54) is 19.3 Å². The van der Waals surface area contributed by atoms with Crippen molar-refractivity contribution in [3.8, 4) is 5.75 Å². The van der Waals surface area contributed by atoms with Crippen molar-refractivity contribution in [2.75, 3.05) is 5.32 Å². The van der Waals surface area contributed by atoms with E-state index >= 15 is 0 Å². The summed E-state index contributed by atoms with van der Waals surface area (Å²) in [6, 6.07) is 9.90. The van der Waals surface area contributed by atoms with Gasteiger partial charge in [0.2, 0.25) is 0 Å². The largest absolute Gasteiger partial charge is 0.486 e. The Hall–Kier alpha value is -1.24. The van der Waals surface area contributed by atoms with Crippen molar-refractivity contribution in [3.63, 3.8) is 0 Å². The van der Waals surface area contributed by atoms with E-state index in [9.17, 15) is 4.79 Å². The van der Waals surface area contributed by atoms with Gasteiger partial charge in [0.1, 0.15) is 12.4 Å². The molecule has 7 heteroatoms. The van der Waals surface area contributed by atoms with Crippen LogP contribution in [0.2, 0.25) is 5.02 Å².